The number of alkyl carbamates (subject to hydrolysis) is 1. The SMILES string of the molecule is CNC(=O)OCc1cccc(N2CC(Oc3ccc(C)nc3)C2)c1F. The number of ether oxygens (including phenoxy) is 2. The second-order valence-corrected chi connectivity index (χ2v) is 5.86. The Morgan fingerprint density at radius 2 is 2.16 bits per heavy atom. The first-order valence-corrected chi connectivity index (χ1v) is 8.03. The zero-order valence-electron chi connectivity index (χ0n) is 14.2. The molecule has 25 heavy (non-hydrogen) atoms. The van der Waals surface area contributed by atoms with Gasteiger partial charge in [-0.3, -0.25) is 4.98 Å². The normalized spacial score (nSPS) is 14.0. The summed E-state index contributed by atoms with van der Waals surface area (Å²) in [7, 11) is 1.46. The molecular weight excluding hydrogens is 325 g/mol. The highest BCUT2D eigenvalue weighted by molar-refractivity contribution is 5.66. The summed E-state index contributed by atoms with van der Waals surface area (Å²) >= 11 is 0. The number of carbonyl (C=O) groups is 1. The molecule has 2 aromatic rings. The van der Waals surface area contributed by atoms with E-state index in [1.807, 2.05) is 24.0 Å². The van der Waals surface area contributed by atoms with E-state index in [1.54, 1.807) is 24.4 Å². The van der Waals surface area contributed by atoms with Crippen molar-refractivity contribution in [2.75, 3.05) is 25.0 Å². The molecule has 0 bridgehead atoms. The van der Waals surface area contributed by atoms with Gasteiger partial charge >= 0.3 is 6.09 Å². The largest absolute Gasteiger partial charge is 0.485 e. The number of aromatic nitrogens is 1. The van der Waals surface area contributed by atoms with Crippen LogP contribution in [0.4, 0.5) is 14.9 Å². The predicted molar refractivity (Wildman–Crippen MR) is 91.2 cm³/mol. The lowest BCUT2D eigenvalue weighted by Gasteiger charge is -2.40. The zero-order chi connectivity index (χ0) is 17.8. The van der Waals surface area contributed by atoms with Crippen LogP contribution in [0.5, 0.6) is 5.75 Å². The number of hydrogen-bond donors (Lipinski definition) is 1. The fraction of sp³-hybridized carbons (Fsp3) is 0.333. The van der Waals surface area contributed by atoms with E-state index in [-0.39, 0.29) is 18.5 Å². The van der Waals surface area contributed by atoms with Crippen molar-refractivity contribution in [2.45, 2.75) is 19.6 Å². The topological polar surface area (TPSA) is 63.7 Å². The van der Waals surface area contributed by atoms with Crippen LogP contribution >= 0.6 is 0 Å². The van der Waals surface area contributed by atoms with Crippen molar-refractivity contribution in [1.82, 2.24) is 10.3 Å². The number of nitrogens with one attached hydrogen (secondary N) is 1. The van der Waals surface area contributed by atoms with Gasteiger partial charge in [0.1, 0.15) is 18.5 Å². The van der Waals surface area contributed by atoms with Crippen molar-refractivity contribution in [3.05, 3.63) is 53.6 Å². The first-order valence-electron chi connectivity index (χ1n) is 8.03. The van der Waals surface area contributed by atoms with E-state index in [2.05, 4.69) is 10.3 Å². The first kappa shape index (κ1) is 17.0. The van der Waals surface area contributed by atoms with Gasteiger partial charge in [-0.25, -0.2) is 9.18 Å². The van der Waals surface area contributed by atoms with E-state index in [1.165, 1.54) is 7.05 Å². The van der Waals surface area contributed by atoms with Crippen LogP contribution in [0.15, 0.2) is 36.5 Å². The smallest absolute Gasteiger partial charge is 0.407 e. The average molecular weight is 345 g/mol. The Labute approximate surface area is 145 Å². The van der Waals surface area contributed by atoms with Gasteiger partial charge in [-0.15, -0.1) is 0 Å². The average Bonchev–Trinajstić information content (AvgIpc) is 2.58. The Bertz CT molecular complexity index is 746. The highest BCUT2D eigenvalue weighted by Crippen LogP contribution is 2.28. The molecule has 1 aliphatic rings. The Hall–Kier alpha value is -2.83. The monoisotopic (exact) mass is 345 g/mol. The molecule has 1 aromatic carbocycles. The molecule has 0 atom stereocenters. The lowest BCUT2D eigenvalue weighted by atomic mass is 10.1. The van der Waals surface area contributed by atoms with Crippen LogP contribution in [-0.4, -0.2) is 37.3 Å². The summed E-state index contributed by atoms with van der Waals surface area (Å²) in [5.74, 6) is 0.338. The van der Waals surface area contributed by atoms with Gasteiger partial charge in [0.2, 0.25) is 0 Å². The number of benzene rings is 1. The fourth-order valence-corrected chi connectivity index (χ4v) is 2.56. The molecule has 1 aliphatic heterocycles. The summed E-state index contributed by atoms with van der Waals surface area (Å²) in [5.41, 5.74) is 1.76. The molecule has 1 aromatic heterocycles. The summed E-state index contributed by atoms with van der Waals surface area (Å²) in [4.78, 5) is 17.2. The number of hydrogen-bond acceptors (Lipinski definition) is 5. The predicted octanol–water partition coefficient (Wildman–Crippen LogP) is 2.65. The van der Waals surface area contributed by atoms with Crippen LogP contribution in [0.3, 0.4) is 0 Å². The van der Waals surface area contributed by atoms with Gasteiger partial charge in [-0.2, -0.15) is 0 Å². The first-order chi connectivity index (χ1) is 12.1. The molecule has 132 valence electrons. The van der Waals surface area contributed by atoms with Crippen molar-refractivity contribution < 1.29 is 18.7 Å². The van der Waals surface area contributed by atoms with Gasteiger partial charge in [0.25, 0.3) is 0 Å². The number of aryl methyl sites for hydroxylation is 1. The molecule has 7 heteroatoms. The fourth-order valence-electron chi connectivity index (χ4n) is 2.56. The highest BCUT2D eigenvalue weighted by Gasteiger charge is 2.31. The van der Waals surface area contributed by atoms with E-state index >= 15 is 0 Å². The third kappa shape index (κ3) is 3.99. The van der Waals surface area contributed by atoms with Gasteiger partial charge in [0.15, 0.2) is 5.82 Å². The van der Waals surface area contributed by atoms with Crippen molar-refractivity contribution in [3.63, 3.8) is 0 Å². The van der Waals surface area contributed by atoms with Crippen LogP contribution in [0, 0.1) is 12.7 Å². The molecule has 6 nitrogen and oxygen atoms in total. The van der Waals surface area contributed by atoms with Crippen LogP contribution < -0.4 is 15.0 Å². The summed E-state index contributed by atoms with van der Waals surface area (Å²) < 4.78 is 25.3. The minimum atomic E-state index is -0.589. The lowest BCUT2D eigenvalue weighted by molar-refractivity contribution is 0.140. The molecular formula is C18H20FN3O3. The Morgan fingerprint density at radius 1 is 1.36 bits per heavy atom. The highest BCUT2D eigenvalue weighted by atomic mass is 19.1. The molecule has 0 unspecified atom stereocenters. The van der Waals surface area contributed by atoms with E-state index < -0.39 is 6.09 Å². The molecule has 0 spiro atoms. The minimum absolute atomic E-state index is 0.00492. The van der Waals surface area contributed by atoms with E-state index in [9.17, 15) is 9.18 Å². The summed E-state index contributed by atoms with van der Waals surface area (Å²) in [6.07, 6.45) is 1.10. The maximum Gasteiger partial charge on any atom is 0.407 e. The molecule has 0 aliphatic carbocycles. The second kappa shape index (κ2) is 7.38. The number of pyridine rings is 1. The number of halogens is 1. The van der Waals surface area contributed by atoms with Crippen molar-refractivity contribution in [3.8, 4) is 5.75 Å². The maximum atomic E-state index is 14.6. The van der Waals surface area contributed by atoms with Gasteiger partial charge in [-0.05, 0) is 25.1 Å². The molecule has 1 amide bonds. The van der Waals surface area contributed by atoms with Crippen LogP contribution in [-0.2, 0) is 11.3 Å². The molecule has 0 saturated carbocycles. The number of carbonyl (C=O) groups excluding carboxylic acids is 1. The number of rotatable bonds is 5. The Morgan fingerprint density at radius 3 is 2.84 bits per heavy atom. The zero-order valence-corrected chi connectivity index (χ0v) is 14.2. The number of anilines is 1. The van der Waals surface area contributed by atoms with E-state index in [0.717, 1.165) is 5.69 Å². The quantitative estimate of drug-likeness (QED) is 0.903. The van der Waals surface area contributed by atoms with E-state index in [4.69, 9.17) is 9.47 Å². The van der Waals surface area contributed by atoms with Gasteiger partial charge in [-0.1, -0.05) is 12.1 Å². The standard InChI is InChI=1S/C18H20FN3O3/c1-12-6-7-14(8-21-12)25-15-9-22(10-15)16-5-3-4-13(17(16)19)11-24-18(23)20-2/h3-8,15H,9-11H2,1-2H3,(H,20,23). The van der Waals surface area contributed by atoms with Crippen molar-refractivity contribution >= 4 is 11.8 Å². The molecule has 1 N–H and O–H groups in total. The Balaban J connectivity index is 1.58. The maximum absolute atomic E-state index is 14.6. The van der Waals surface area contributed by atoms with Crippen LogP contribution in [0.2, 0.25) is 0 Å². The summed E-state index contributed by atoms with van der Waals surface area (Å²) in [6, 6.07) is 8.83. The Kier molecular flexibility index (Phi) is 5.02. The number of amides is 1. The molecule has 1 fully saturated rings. The molecule has 3 rings (SSSR count). The van der Waals surface area contributed by atoms with Crippen LogP contribution in [0.1, 0.15) is 11.3 Å². The second-order valence-electron chi connectivity index (χ2n) is 5.86. The van der Waals surface area contributed by atoms with E-state index in [0.29, 0.717) is 30.1 Å². The van der Waals surface area contributed by atoms with Crippen molar-refractivity contribution in [2.24, 2.45) is 0 Å². The van der Waals surface area contributed by atoms with Crippen LogP contribution in [0.25, 0.3) is 0 Å². The lowest BCUT2D eigenvalue weighted by Crippen LogP contribution is -2.54. The number of nitrogens with zero attached hydrogens (tertiary/aromatic N) is 2. The van der Waals surface area contributed by atoms with Gasteiger partial charge in [0, 0.05) is 18.3 Å². The molecule has 0 radical (unpaired) electrons. The third-order valence-electron chi connectivity index (χ3n) is 4.00. The van der Waals surface area contributed by atoms with Gasteiger partial charge < -0.3 is 19.7 Å². The summed E-state index contributed by atoms with van der Waals surface area (Å²) in [6.45, 7) is 2.98. The minimum Gasteiger partial charge on any atom is -0.485 e. The van der Waals surface area contributed by atoms with Crippen molar-refractivity contribution in [1.29, 1.82) is 0 Å². The summed E-state index contributed by atoms with van der Waals surface area (Å²) in [5, 5.41) is 2.33. The molecule has 1 saturated heterocycles. The molecule has 2 heterocycles. The third-order valence-corrected chi connectivity index (χ3v) is 4.00. The van der Waals surface area contributed by atoms with Gasteiger partial charge in [0.05, 0.1) is 25.0 Å².